The molecule has 0 radical (unpaired) electrons. The zero-order valence-electron chi connectivity index (χ0n) is 12.1. The molecule has 0 heterocycles. The van der Waals surface area contributed by atoms with E-state index in [9.17, 15) is 18.3 Å². The van der Waals surface area contributed by atoms with Crippen molar-refractivity contribution < 1.29 is 23.1 Å². The van der Waals surface area contributed by atoms with Crippen LogP contribution >= 0.6 is 0 Å². The smallest absolute Gasteiger partial charge is 0.331 e. The number of hydrogen-bond acceptors (Lipinski definition) is 5. The molecule has 2 rings (SSSR count). The second-order valence-electron chi connectivity index (χ2n) is 6.50. The molecule has 2 bridgehead atoms. The van der Waals surface area contributed by atoms with E-state index < -0.39 is 27.3 Å². The lowest BCUT2D eigenvalue weighted by Gasteiger charge is -2.39. The van der Waals surface area contributed by atoms with Crippen LogP contribution in [0, 0.1) is 16.7 Å². The van der Waals surface area contributed by atoms with Gasteiger partial charge in [0.2, 0.25) is 0 Å². The van der Waals surface area contributed by atoms with Gasteiger partial charge in [-0.1, -0.05) is 13.8 Å². The number of methoxy groups -OCH3 is 1. The molecule has 114 valence electrons. The van der Waals surface area contributed by atoms with Gasteiger partial charge in [0.05, 0.1) is 19.0 Å². The largest absolute Gasteiger partial charge is 0.466 e. The fourth-order valence-electron chi connectivity index (χ4n) is 4.01. The maximum atomic E-state index is 12.2. The Kier molecular flexibility index (Phi) is 3.75. The van der Waals surface area contributed by atoms with Crippen LogP contribution in [0.1, 0.15) is 33.1 Å². The van der Waals surface area contributed by atoms with Gasteiger partial charge in [-0.3, -0.25) is 0 Å². The summed E-state index contributed by atoms with van der Waals surface area (Å²) in [7, 11) is -2.36. The topological polar surface area (TPSA) is 80.7 Å². The van der Waals surface area contributed by atoms with Gasteiger partial charge in [0.15, 0.2) is 9.84 Å². The van der Waals surface area contributed by atoms with E-state index in [-0.39, 0.29) is 11.2 Å². The average molecular weight is 302 g/mol. The highest BCUT2D eigenvalue weighted by molar-refractivity contribution is 7.94. The fourth-order valence-corrected chi connectivity index (χ4v) is 5.86. The molecule has 0 spiro atoms. The van der Waals surface area contributed by atoms with Crippen molar-refractivity contribution in [2.24, 2.45) is 16.7 Å². The number of carbonyl (C=O) groups excluding carboxylic acids is 1. The first kappa shape index (κ1) is 15.5. The molecule has 5 nitrogen and oxygen atoms in total. The maximum Gasteiger partial charge on any atom is 0.331 e. The zero-order chi connectivity index (χ0) is 15.2. The van der Waals surface area contributed by atoms with E-state index in [1.165, 1.54) is 7.11 Å². The quantitative estimate of drug-likeness (QED) is 0.625. The summed E-state index contributed by atoms with van der Waals surface area (Å²) < 4.78 is 28.8. The Balaban J connectivity index is 2.24. The molecule has 20 heavy (non-hydrogen) atoms. The number of aliphatic hydroxyl groups is 1. The minimum Gasteiger partial charge on any atom is -0.466 e. The van der Waals surface area contributed by atoms with Crippen LogP contribution in [-0.2, 0) is 19.4 Å². The van der Waals surface area contributed by atoms with Crippen molar-refractivity contribution in [3.8, 4) is 0 Å². The van der Waals surface area contributed by atoms with Gasteiger partial charge in [0, 0.05) is 16.9 Å². The number of aliphatic hydroxyl groups excluding tert-OH is 1. The third kappa shape index (κ3) is 2.29. The summed E-state index contributed by atoms with van der Waals surface area (Å²) in [4.78, 5) is 11.0. The Hall–Kier alpha value is -0.880. The number of sulfone groups is 1. The van der Waals surface area contributed by atoms with Crippen molar-refractivity contribution in [1.29, 1.82) is 0 Å². The summed E-state index contributed by atoms with van der Waals surface area (Å²) >= 11 is 0. The molecule has 0 aromatic rings. The number of esters is 1. The van der Waals surface area contributed by atoms with Gasteiger partial charge in [0.1, 0.15) is 0 Å². The van der Waals surface area contributed by atoms with E-state index in [2.05, 4.69) is 4.74 Å². The molecule has 0 amide bonds. The lowest BCUT2D eigenvalue weighted by Crippen LogP contribution is -2.44. The lowest BCUT2D eigenvalue weighted by molar-refractivity contribution is -0.134. The summed E-state index contributed by atoms with van der Waals surface area (Å²) in [6.45, 7) is 4.08. The predicted octanol–water partition coefficient (Wildman–Crippen LogP) is 1.28. The monoisotopic (exact) mass is 302 g/mol. The van der Waals surface area contributed by atoms with E-state index in [0.717, 1.165) is 24.3 Å². The number of ether oxygens (including phenoxy) is 1. The minimum atomic E-state index is -3.56. The first-order chi connectivity index (χ1) is 9.14. The van der Waals surface area contributed by atoms with Crippen LogP contribution in [0.3, 0.4) is 0 Å². The molecule has 2 aliphatic carbocycles. The van der Waals surface area contributed by atoms with Crippen LogP contribution in [0.25, 0.3) is 0 Å². The van der Waals surface area contributed by atoms with Crippen LogP contribution in [0.5, 0.6) is 0 Å². The Morgan fingerprint density at radius 3 is 2.55 bits per heavy atom. The summed E-state index contributed by atoms with van der Waals surface area (Å²) in [5, 5.41) is 11.2. The van der Waals surface area contributed by atoms with E-state index in [1.54, 1.807) is 0 Å². The van der Waals surface area contributed by atoms with Crippen molar-refractivity contribution >= 4 is 15.8 Å². The van der Waals surface area contributed by atoms with Crippen molar-refractivity contribution in [2.75, 3.05) is 12.9 Å². The summed E-state index contributed by atoms with van der Waals surface area (Å²) in [6, 6.07) is 0. The van der Waals surface area contributed by atoms with Crippen molar-refractivity contribution in [1.82, 2.24) is 0 Å². The van der Waals surface area contributed by atoms with E-state index >= 15 is 0 Å². The Morgan fingerprint density at radius 1 is 1.45 bits per heavy atom. The van der Waals surface area contributed by atoms with Crippen molar-refractivity contribution in [3.63, 3.8) is 0 Å². The van der Waals surface area contributed by atoms with Gasteiger partial charge in [-0.15, -0.1) is 0 Å². The Labute approximate surface area is 119 Å². The van der Waals surface area contributed by atoms with Gasteiger partial charge in [-0.05, 0) is 30.6 Å². The van der Waals surface area contributed by atoms with Gasteiger partial charge in [-0.25, -0.2) is 13.2 Å². The van der Waals surface area contributed by atoms with Crippen molar-refractivity contribution in [3.05, 3.63) is 11.5 Å². The summed E-state index contributed by atoms with van der Waals surface area (Å²) in [5.74, 6) is -0.433. The first-order valence-corrected chi connectivity index (χ1v) is 8.53. The molecule has 2 aliphatic rings. The lowest BCUT2D eigenvalue weighted by atomic mass is 9.70. The Morgan fingerprint density at radius 2 is 2.10 bits per heavy atom. The van der Waals surface area contributed by atoms with Gasteiger partial charge in [-0.2, -0.15) is 0 Å². The highest BCUT2D eigenvalue weighted by atomic mass is 32.2. The maximum absolute atomic E-state index is 12.2. The zero-order valence-corrected chi connectivity index (χ0v) is 12.9. The molecule has 2 saturated carbocycles. The molecule has 3 atom stereocenters. The highest BCUT2D eigenvalue weighted by Gasteiger charge is 2.64. The van der Waals surface area contributed by atoms with Crippen LogP contribution in [0.15, 0.2) is 11.5 Å². The average Bonchev–Trinajstić information content (AvgIpc) is 2.69. The third-order valence-electron chi connectivity index (χ3n) is 5.46. The first-order valence-electron chi connectivity index (χ1n) is 6.81. The second kappa shape index (κ2) is 4.84. The van der Waals surface area contributed by atoms with E-state index in [0.29, 0.717) is 12.3 Å². The normalized spacial score (nSPS) is 35.6. The molecular weight excluding hydrogens is 280 g/mol. The fraction of sp³-hybridized carbons (Fsp3) is 0.786. The number of fused-ring (bicyclic) bond motifs is 2. The van der Waals surface area contributed by atoms with Crippen LogP contribution < -0.4 is 0 Å². The van der Waals surface area contributed by atoms with Crippen LogP contribution in [0.2, 0.25) is 0 Å². The molecule has 0 saturated heterocycles. The number of hydrogen-bond donors (Lipinski definition) is 1. The summed E-state index contributed by atoms with van der Waals surface area (Å²) in [5.41, 5.74) is -0.796. The molecule has 2 fully saturated rings. The second-order valence-corrected chi connectivity index (χ2v) is 8.38. The van der Waals surface area contributed by atoms with Crippen molar-refractivity contribution in [2.45, 2.75) is 39.2 Å². The molecule has 6 heteroatoms. The SMILES string of the molecule is COC(=O)/C=C\S(=O)(=O)C[C@]12CC[C@H](C[C@H]1O)C2(C)C. The highest BCUT2D eigenvalue weighted by Crippen LogP contribution is 2.66. The molecule has 0 aliphatic heterocycles. The third-order valence-corrected chi connectivity index (χ3v) is 6.93. The number of carbonyl (C=O) groups is 1. The molecule has 0 unspecified atom stereocenters. The standard InChI is InChI=1S/C14H22O5S/c1-13(2)10-4-6-14(13,11(15)8-10)9-20(17,18)7-5-12(16)19-3/h5,7,10-11,15H,4,6,8-9H2,1-3H3/b7-5-/t10-,11-,14-/m1/s1. The van der Waals surface area contributed by atoms with Crippen LogP contribution in [-0.4, -0.2) is 38.5 Å². The minimum absolute atomic E-state index is 0.113. The van der Waals surface area contributed by atoms with Gasteiger partial charge < -0.3 is 9.84 Å². The van der Waals surface area contributed by atoms with E-state index in [1.807, 2.05) is 13.8 Å². The number of rotatable bonds is 4. The molecule has 0 aromatic carbocycles. The summed E-state index contributed by atoms with van der Waals surface area (Å²) in [6.07, 6.45) is 2.69. The van der Waals surface area contributed by atoms with E-state index in [4.69, 9.17) is 0 Å². The molecular formula is C14H22O5S. The van der Waals surface area contributed by atoms with Gasteiger partial charge >= 0.3 is 5.97 Å². The molecule has 0 aromatic heterocycles. The molecule has 1 N–H and O–H groups in total. The predicted molar refractivity (Wildman–Crippen MR) is 74.5 cm³/mol. The Bertz CT molecular complexity index is 534. The van der Waals surface area contributed by atoms with Crippen LogP contribution in [0.4, 0.5) is 0 Å². The van der Waals surface area contributed by atoms with Gasteiger partial charge in [0.25, 0.3) is 0 Å².